The largest absolute Gasteiger partial charge is 0.481 e. The van der Waals surface area contributed by atoms with Crippen LogP contribution in [0.15, 0.2) is 24.3 Å². The van der Waals surface area contributed by atoms with Crippen LogP contribution >= 0.6 is 0 Å². The van der Waals surface area contributed by atoms with E-state index in [1.54, 1.807) is 11.8 Å². The van der Waals surface area contributed by atoms with E-state index >= 15 is 0 Å². The van der Waals surface area contributed by atoms with Crippen LogP contribution in [0.3, 0.4) is 0 Å². The van der Waals surface area contributed by atoms with Crippen molar-refractivity contribution in [2.45, 2.75) is 19.8 Å². The standard InChI is InChI=1S/C17H22N4O3/c1-17(15(22)23)8-10-21(11-17)16(24)18-9-7-13-12-5-3-4-6-14(12)20(2)19-13/h3-6H,7-11H2,1-2H3,(H,18,24)(H,22,23). The SMILES string of the molecule is Cn1nc(CCNC(=O)N2CCC(C)(C(=O)O)C2)c2ccccc21. The maximum Gasteiger partial charge on any atom is 0.317 e. The maximum atomic E-state index is 12.2. The topological polar surface area (TPSA) is 87.5 Å². The Morgan fingerprint density at radius 2 is 2.12 bits per heavy atom. The predicted octanol–water partition coefficient (Wildman–Crippen LogP) is 1.62. The number of carbonyl (C=O) groups excluding carboxylic acids is 1. The number of rotatable bonds is 4. The lowest BCUT2D eigenvalue weighted by Gasteiger charge is -2.20. The van der Waals surface area contributed by atoms with Crippen molar-refractivity contribution in [1.82, 2.24) is 20.0 Å². The first-order valence-corrected chi connectivity index (χ1v) is 8.07. The van der Waals surface area contributed by atoms with E-state index in [2.05, 4.69) is 10.4 Å². The fraction of sp³-hybridized carbons (Fsp3) is 0.471. The summed E-state index contributed by atoms with van der Waals surface area (Å²) in [6, 6.07) is 7.78. The molecule has 0 radical (unpaired) electrons. The van der Waals surface area contributed by atoms with E-state index in [1.165, 1.54) is 0 Å². The zero-order valence-corrected chi connectivity index (χ0v) is 14.0. The van der Waals surface area contributed by atoms with E-state index in [9.17, 15) is 14.7 Å². The molecule has 24 heavy (non-hydrogen) atoms. The predicted molar refractivity (Wildman–Crippen MR) is 89.7 cm³/mol. The normalized spacial score (nSPS) is 20.5. The second-order valence-electron chi connectivity index (χ2n) is 6.61. The molecule has 3 rings (SSSR count). The van der Waals surface area contributed by atoms with Gasteiger partial charge in [-0.05, 0) is 19.4 Å². The van der Waals surface area contributed by atoms with Crippen molar-refractivity contribution >= 4 is 22.9 Å². The number of aliphatic carboxylic acids is 1. The Morgan fingerprint density at radius 1 is 1.38 bits per heavy atom. The van der Waals surface area contributed by atoms with E-state index in [-0.39, 0.29) is 12.6 Å². The molecule has 2 heterocycles. The van der Waals surface area contributed by atoms with Gasteiger partial charge in [0, 0.05) is 38.5 Å². The third-order valence-electron chi connectivity index (χ3n) is 4.75. The van der Waals surface area contributed by atoms with E-state index in [0.29, 0.717) is 25.9 Å². The molecule has 0 bridgehead atoms. The first kappa shape index (κ1) is 16.3. The third-order valence-corrected chi connectivity index (χ3v) is 4.75. The molecular weight excluding hydrogens is 308 g/mol. The first-order valence-electron chi connectivity index (χ1n) is 8.07. The van der Waals surface area contributed by atoms with E-state index in [4.69, 9.17) is 0 Å². The molecule has 2 aromatic rings. The molecule has 7 nitrogen and oxygen atoms in total. The second-order valence-corrected chi connectivity index (χ2v) is 6.61. The fourth-order valence-corrected chi connectivity index (χ4v) is 3.18. The fourth-order valence-electron chi connectivity index (χ4n) is 3.18. The number of fused-ring (bicyclic) bond motifs is 1. The van der Waals surface area contributed by atoms with Crippen molar-refractivity contribution < 1.29 is 14.7 Å². The highest BCUT2D eigenvalue weighted by Crippen LogP contribution is 2.29. The molecule has 1 unspecified atom stereocenters. The lowest BCUT2D eigenvalue weighted by atomic mass is 9.90. The molecule has 0 spiro atoms. The van der Waals surface area contributed by atoms with Crippen LogP contribution in [-0.4, -0.2) is 51.4 Å². The number of carboxylic acid groups (broad SMARTS) is 1. The summed E-state index contributed by atoms with van der Waals surface area (Å²) in [6.45, 7) is 2.88. The Hall–Kier alpha value is -2.57. The molecule has 7 heteroatoms. The maximum absolute atomic E-state index is 12.2. The molecule has 1 fully saturated rings. The Bertz CT molecular complexity index is 785. The first-order chi connectivity index (χ1) is 11.4. The number of amides is 2. The molecule has 0 aliphatic carbocycles. The van der Waals surface area contributed by atoms with Crippen molar-refractivity contribution in [3.05, 3.63) is 30.0 Å². The number of aryl methyl sites for hydroxylation is 1. The van der Waals surface area contributed by atoms with Crippen LogP contribution in [0.1, 0.15) is 19.0 Å². The minimum Gasteiger partial charge on any atom is -0.481 e. The quantitative estimate of drug-likeness (QED) is 0.892. The summed E-state index contributed by atoms with van der Waals surface area (Å²) in [4.78, 5) is 25.0. The van der Waals surface area contributed by atoms with Crippen LogP contribution in [0.2, 0.25) is 0 Å². The lowest BCUT2D eigenvalue weighted by Crippen LogP contribution is -2.41. The van der Waals surface area contributed by atoms with Crippen LogP contribution in [0, 0.1) is 5.41 Å². The number of benzene rings is 1. The molecule has 1 aromatic heterocycles. The number of nitrogens with zero attached hydrogens (tertiary/aromatic N) is 3. The number of carbonyl (C=O) groups is 2. The van der Waals surface area contributed by atoms with Gasteiger partial charge in [0.2, 0.25) is 0 Å². The van der Waals surface area contributed by atoms with Gasteiger partial charge in [-0.3, -0.25) is 9.48 Å². The minimum atomic E-state index is -0.849. The Labute approximate surface area is 140 Å². The Balaban J connectivity index is 1.57. The molecule has 128 valence electrons. The zero-order chi connectivity index (χ0) is 17.3. The summed E-state index contributed by atoms with van der Waals surface area (Å²) >= 11 is 0. The monoisotopic (exact) mass is 330 g/mol. The van der Waals surface area contributed by atoms with E-state index in [1.807, 2.05) is 36.0 Å². The summed E-state index contributed by atoms with van der Waals surface area (Å²) in [6.07, 6.45) is 1.12. The number of likely N-dealkylation sites (tertiary alicyclic amines) is 1. The lowest BCUT2D eigenvalue weighted by molar-refractivity contribution is -0.146. The highest BCUT2D eigenvalue weighted by Gasteiger charge is 2.42. The molecule has 2 amide bonds. The Kier molecular flexibility index (Phi) is 4.17. The summed E-state index contributed by atoms with van der Waals surface area (Å²) in [7, 11) is 1.90. The van der Waals surface area contributed by atoms with Crippen molar-refractivity contribution in [2.24, 2.45) is 12.5 Å². The number of carboxylic acids is 1. The summed E-state index contributed by atoms with van der Waals surface area (Å²) in [5, 5.41) is 17.7. The molecule has 0 saturated carbocycles. The van der Waals surface area contributed by atoms with Crippen molar-refractivity contribution in [3.63, 3.8) is 0 Å². The van der Waals surface area contributed by atoms with Gasteiger partial charge in [-0.15, -0.1) is 0 Å². The summed E-state index contributed by atoms with van der Waals surface area (Å²) in [5.74, 6) is -0.849. The number of para-hydroxylation sites is 1. The van der Waals surface area contributed by atoms with Crippen LogP contribution in [0.4, 0.5) is 4.79 Å². The van der Waals surface area contributed by atoms with Crippen LogP contribution in [0.5, 0.6) is 0 Å². The van der Waals surface area contributed by atoms with Gasteiger partial charge in [-0.25, -0.2) is 4.79 Å². The van der Waals surface area contributed by atoms with Gasteiger partial charge in [0.15, 0.2) is 0 Å². The summed E-state index contributed by atoms with van der Waals surface area (Å²) < 4.78 is 1.84. The van der Waals surface area contributed by atoms with E-state index in [0.717, 1.165) is 16.6 Å². The highest BCUT2D eigenvalue weighted by atomic mass is 16.4. The van der Waals surface area contributed by atoms with Gasteiger partial charge in [-0.2, -0.15) is 5.10 Å². The van der Waals surface area contributed by atoms with Gasteiger partial charge < -0.3 is 15.3 Å². The number of hydrogen-bond donors (Lipinski definition) is 2. The minimum absolute atomic E-state index is 0.208. The number of hydrogen-bond acceptors (Lipinski definition) is 3. The average Bonchev–Trinajstić information content (AvgIpc) is 3.11. The van der Waals surface area contributed by atoms with Crippen molar-refractivity contribution in [2.75, 3.05) is 19.6 Å². The van der Waals surface area contributed by atoms with Gasteiger partial charge >= 0.3 is 12.0 Å². The van der Waals surface area contributed by atoms with Gasteiger partial charge in [0.1, 0.15) is 0 Å². The van der Waals surface area contributed by atoms with Crippen molar-refractivity contribution in [1.29, 1.82) is 0 Å². The molecule has 1 atom stereocenters. The molecule has 1 saturated heterocycles. The smallest absolute Gasteiger partial charge is 0.317 e. The Morgan fingerprint density at radius 3 is 2.83 bits per heavy atom. The molecular formula is C17H22N4O3. The number of urea groups is 1. The second kappa shape index (κ2) is 6.14. The molecule has 1 aromatic carbocycles. The van der Waals surface area contributed by atoms with Crippen LogP contribution in [-0.2, 0) is 18.3 Å². The van der Waals surface area contributed by atoms with Crippen LogP contribution in [0.25, 0.3) is 10.9 Å². The number of aromatic nitrogens is 2. The van der Waals surface area contributed by atoms with Gasteiger partial charge in [0.25, 0.3) is 0 Å². The summed E-state index contributed by atoms with van der Waals surface area (Å²) in [5.41, 5.74) is 1.18. The molecule has 1 aliphatic rings. The molecule has 2 N–H and O–H groups in total. The van der Waals surface area contributed by atoms with Crippen molar-refractivity contribution in [3.8, 4) is 0 Å². The molecule has 1 aliphatic heterocycles. The number of nitrogens with one attached hydrogen (secondary N) is 1. The highest BCUT2D eigenvalue weighted by molar-refractivity contribution is 5.82. The van der Waals surface area contributed by atoms with Crippen LogP contribution < -0.4 is 5.32 Å². The van der Waals surface area contributed by atoms with Gasteiger partial charge in [-0.1, -0.05) is 18.2 Å². The third kappa shape index (κ3) is 2.93. The van der Waals surface area contributed by atoms with E-state index < -0.39 is 11.4 Å². The van der Waals surface area contributed by atoms with Gasteiger partial charge in [0.05, 0.1) is 16.6 Å². The average molecular weight is 330 g/mol. The zero-order valence-electron chi connectivity index (χ0n) is 14.0.